The summed E-state index contributed by atoms with van der Waals surface area (Å²) < 4.78 is 0. The van der Waals surface area contributed by atoms with Crippen molar-refractivity contribution in [2.45, 2.75) is 220 Å². The lowest BCUT2D eigenvalue weighted by Crippen LogP contribution is -2.50. The van der Waals surface area contributed by atoms with Gasteiger partial charge in [-0.25, -0.2) is 4.98 Å². The Kier molecular flexibility index (Phi) is 34.3. The van der Waals surface area contributed by atoms with Crippen molar-refractivity contribution < 1.29 is 43.5 Å². The number of aliphatic hydroxyl groups is 1. The summed E-state index contributed by atoms with van der Waals surface area (Å²) in [6, 6.07) is 5.43. The molecule has 1 heterocycles. The highest BCUT2D eigenvalue weighted by Crippen LogP contribution is 2.24. The molecule has 0 radical (unpaired) electrons. The minimum absolute atomic E-state index is 0.0690. The number of benzene rings is 1. The summed E-state index contributed by atoms with van der Waals surface area (Å²) in [5.74, 6) is -5.85. The number of H-pyrrole nitrogens is 1. The third-order valence-electron chi connectivity index (χ3n) is 14.4. The summed E-state index contributed by atoms with van der Waals surface area (Å²) in [6.07, 6.45) is 21.4. The largest absolute Gasteiger partial charge is 0.396 e. The molecule has 422 valence electrons. The number of thioether (sulfide) groups is 1. The lowest BCUT2D eigenvalue weighted by atomic mass is 9.83. The van der Waals surface area contributed by atoms with Gasteiger partial charge in [-0.05, 0) is 62.0 Å². The molecule has 0 aliphatic heterocycles. The van der Waals surface area contributed by atoms with Crippen LogP contribution in [0, 0.1) is 29.6 Å². The standard InChI is InChI=1S/C59H96N6O9S/c1-9-12-13-14-15-16-17-18-19-20-21-22-26-29-56(71)63-51(36-47-38-60-40-61-47)54(69)35-46(39-66)58(73)64-49(32-41(4)5)55(70)37-48(42(6)10-2)59(74)65-50(33-44-27-24-23-25-28-44)53(68)34-45(30-31-75-8)57(72)62-43(7)52(67)11-3/h23-25,27-28,38,40-43,45-46,48-51,66H,9-22,26,29-37,39H2,1-8H3,(H,60,61)(H,62,72)(H,63,71)(H,64,73)(H,65,74)/t42-,43-,45+,46-,48-,49-,50-,51-/m0/s1. The zero-order chi connectivity index (χ0) is 55.5. The molecule has 1 aromatic heterocycles. The van der Waals surface area contributed by atoms with Gasteiger partial charge < -0.3 is 31.4 Å². The van der Waals surface area contributed by atoms with Crippen LogP contribution in [0.1, 0.15) is 195 Å². The number of aliphatic hydroxyl groups excluding tert-OH is 1. The maximum atomic E-state index is 14.5. The van der Waals surface area contributed by atoms with Gasteiger partial charge in [-0.1, -0.05) is 155 Å². The third kappa shape index (κ3) is 27.3. The summed E-state index contributed by atoms with van der Waals surface area (Å²) in [4.78, 5) is 117. The van der Waals surface area contributed by atoms with Crippen LogP contribution >= 0.6 is 11.8 Å². The number of rotatable bonds is 44. The van der Waals surface area contributed by atoms with Gasteiger partial charge in [-0.15, -0.1) is 0 Å². The van der Waals surface area contributed by atoms with Crippen LogP contribution in [0.3, 0.4) is 0 Å². The molecule has 0 spiro atoms. The van der Waals surface area contributed by atoms with E-state index in [4.69, 9.17) is 0 Å². The van der Waals surface area contributed by atoms with Gasteiger partial charge in [0.2, 0.25) is 23.6 Å². The maximum Gasteiger partial charge on any atom is 0.226 e. The van der Waals surface area contributed by atoms with Crippen molar-refractivity contribution in [1.29, 1.82) is 0 Å². The molecule has 1 aromatic carbocycles. The van der Waals surface area contributed by atoms with Gasteiger partial charge in [0.1, 0.15) is 0 Å². The monoisotopic (exact) mass is 1060 g/mol. The number of carbonyl (C=O) groups excluding carboxylic acids is 8. The number of ketones is 4. The molecule has 2 aromatic rings. The Morgan fingerprint density at radius 2 is 1.17 bits per heavy atom. The minimum atomic E-state index is -1.22. The van der Waals surface area contributed by atoms with E-state index in [-0.39, 0.29) is 74.3 Å². The predicted octanol–water partition coefficient (Wildman–Crippen LogP) is 9.18. The number of carbonyl (C=O) groups is 8. The number of nitrogens with one attached hydrogen (secondary N) is 5. The highest BCUT2D eigenvalue weighted by Gasteiger charge is 2.36. The Hall–Kier alpha value is -4.70. The van der Waals surface area contributed by atoms with E-state index >= 15 is 0 Å². The van der Waals surface area contributed by atoms with Crippen molar-refractivity contribution in [2.75, 3.05) is 18.6 Å². The molecule has 2 rings (SSSR count). The van der Waals surface area contributed by atoms with Crippen LogP contribution in [0.25, 0.3) is 0 Å². The van der Waals surface area contributed by atoms with Gasteiger partial charge in [0.05, 0.1) is 43.0 Å². The molecule has 8 atom stereocenters. The first kappa shape index (κ1) is 66.4. The summed E-state index contributed by atoms with van der Waals surface area (Å²) in [7, 11) is 0. The molecule has 0 bridgehead atoms. The van der Waals surface area contributed by atoms with Crippen LogP contribution in [0.15, 0.2) is 42.9 Å². The predicted molar refractivity (Wildman–Crippen MR) is 300 cm³/mol. The lowest BCUT2D eigenvalue weighted by Gasteiger charge is -2.28. The number of nitrogens with zero attached hydrogens (tertiary/aromatic N) is 1. The molecule has 0 unspecified atom stereocenters. The van der Waals surface area contributed by atoms with Gasteiger partial charge in [0.15, 0.2) is 23.1 Å². The number of aromatic amines is 1. The van der Waals surface area contributed by atoms with Gasteiger partial charge in [0, 0.05) is 62.3 Å². The summed E-state index contributed by atoms with van der Waals surface area (Å²) in [6.45, 7) is 12.4. The zero-order valence-corrected chi connectivity index (χ0v) is 47.8. The SMILES string of the molecule is CCCCCCCCCCCCCCCC(=O)N[C@@H](Cc1cnc[nH]1)C(=O)C[C@@H](CO)C(=O)N[C@@H](CC(C)C)C(=O)C[C@H](C(=O)N[C@@H](Cc1ccccc1)C(=O)C[C@@H](CCSC)C(=O)N[C@@H](C)C(=O)CC)[C@@H](C)CC. The van der Waals surface area contributed by atoms with E-state index in [1.807, 2.05) is 64.3 Å². The van der Waals surface area contributed by atoms with Crippen LogP contribution in [0.2, 0.25) is 0 Å². The van der Waals surface area contributed by atoms with Gasteiger partial charge in [0.25, 0.3) is 0 Å². The van der Waals surface area contributed by atoms with E-state index < -0.39 is 84.2 Å². The topological polar surface area (TPSA) is 234 Å². The van der Waals surface area contributed by atoms with Gasteiger partial charge in [-0.2, -0.15) is 11.8 Å². The van der Waals surface area contributed by atoms with Crippen LogP contribution in [0.5, 0.6) is 0 Å². The third-order valence-corrected chi connectivity index (χ3v) is 15.1. The smallest absolute Gasteiger partial charge is 0.226 e. The molecule has 0 saturated carbocycles. The second kappa shape index (κ2) is 38.8. The molecule has 75 heavy (non-hydrogen) atoms. The Morgan fingerprint density at radius 3 is 1.71 bits per heavy atom. The van der Waals surface area contributed by atoms with Gasteiger partial charge >= 0.3 is 0 Å². The molecule has 0 fully saturated rings. The van der Waals surface area contributed by atoms with E-state index in [2.05, 4.69) is 38.2 Å². The average molecular weight is 1070 g/mol. The normalized spacial score (nSPS) is 14.6. The summed E-state index contributed by atoms with van der Waals surface area (Å²) in [5.41, 5.74) is 1.41. The number of hydrogen-bond donors (Lipinski definition) is 6. The number of aromatic nitrogens is 2. The number of amides is 4. The first-order chi connectivity index (χ1) is 36.0. The Bertz CT molecular complexity index is 1980. The zero-order valence-electron chi connectivity index (χ0n) is 47.0. The fraction of sp³-hybridized carbons (Fsp3) is 0.712. The van der Waals surface area contributed by atoms with Crippen molar-refractivity contribution in [2.24, 2.45) is 29.6 Å². The second-order valence-electron chi connectivity index (χ2n) is 21.2. The average Bonchev–Trinajstić information content (AvgIpc) is 3.91. The Balaban J connectivity index is 2.19. The van der Waals surface area contributed by atoms with E-state index in [1.54, 1.807) is 20.0 Å². The fourth-order valence-electron chi connectivity index (χ4n) is 9.35. The molecular weight excluding hydrogens is 969 g/mol. The van der Waals surface area contributed by atoms with Crippen LogP contribution < -0.4 is 21.3 Å². The van der Waals surface area contributed by atoms with Crippen molar-refractivity contribution in [1.82, 2.24) is 31.2 Å². The van der Waals surface area contributed by atoms with Crippen LogP contribution in [-0.2, 0) is 51.2 Å². The summed E-state index contributed by atoms with van der Waals surface area (Å²) in [5, 5.41) is 22.0. The number of Topliss-reactive ketones (excluding diaryl/α,β-unsaturated/α-hetero) is 4. The maximum absolute atomic E-state index is 14.5. The fourth-order valence-corrected chi connectivity index (χ4v) is 9.87. The van der Waals surface area contributed by atoms with Crippen LogP contribution in [0.4, 0.5) is 0 Å². The van der Waals surface area contributed by atoms with E-state index in [0.717, 1.165) is 24.8 Å². The van der Waals surface area contributed by atoms with Crippen molar-refractivity contribution in [3.63, 3.8) is 0 Å². The number of unbranched alkanes of at least 4 members (excludes halogenated alkanes) is 12. The molecule has 15 nitrogen and oxygen atoms in total. The molecule has 4 amide bonds. The summed E-state index contributed by atoms with van der Waals surface area (Å²) >= 11 is 1.53. The van der Waals surface area contributed by atoms with Crippen molar-refractivity contribution in [3.05, 3.63) is 54.1 Å². The highest BCUT2D eigenvalue weighted by molar-refractivity contribution is 7.98. The van der Waals surface area contributed by atoms with Crippen molar-refractivity contribution in [3.8, 4) is 0 Å². The van der Waals surface area contributed by atoms with E-state index in [9.17, 15) is 43.5 Å². The molecule has 16 heteroatoms. The molecule has 6 N–H and O–H groups in total. The number of hydrogen-bond acceptors (Lipinski definition) is 11. The van der Waals surface area contributed by atoms with E-state index in [1.165, 1.54) is 75.9 Å². The molecule has 0 saturated heterocycles. The Morgan fingerprint density at radius 1 is 0.627 bits per heavy atom. The minimum Gasteiger partial charge on any atom is -0.396 e. The Labute approximate surface area is 454 Å². The first-order valence-corrected chi connectivity index (χ1v) is 29.8. The lowest BCUT2D eigenvalue weighted by molar-refractivity contribution is -0.137. The molecular formula is C59H96N6O9S. The molecule has 0 aliphatic carbocycles. The van der Waals surface area contributed by atoms with Crippen LogP contribution in [-0.4, -0.2) is 105 Å². The first-order valence-electron chi connectivity index (χ1n) is 28.4. The van der Waals surface area contributed by atoms with Gasteiger partial charge in [-0.3, -0.25) is 38.4 Å². The highest BCUT2D eigenvalue weighted by atomic mass is 32.2. The quantitative estimate of drug-likeness (QED) is 0.0343. The molecule has 0 aliphatic rings. The van der Waals surface area contributed by atoms with E-state index in [0.29, 0.717) is 30.7 Å². The second-order valence-corrected chi connectivity index (χ2v) is 22.2. The van der Waals surface area contributed by atoms with Crippen molar-refractivity contribution >= 4 is 58.5 Å². The number of imidazole rings is 1.